The van der Waals surface area contributed by atoms with Crippen molar-refractivity contribution >= 4 is 10.0 Å². The van der Waals surface area contributed by atoms with Crippen molar-refractivity contribution in [2.75, 3.05) is 0 Å². The van der Waals surface area contributed by atoms with Gasteiger partial charge < -0.3 is 14.8 Å². The number of nitrogens with one attached hydrogen (secondary N) is 1. The lowest BCUT2D eigenvalue weighted by Gasteiger charge is -2.03. The molecule has 102 valence electrons. The molecule has 0 spiro atoms. The van der Waals surface area contributed by atoms with Crippen LogP contribution in [0.4, 0.5) is 0 Å². The van der Waals surface area contributed by atoms with Crippen molar-refractivity contribution in [1.29, 1.82) is 0 Å². The number of aromatic hydroxyl groups is 1. The van der Waals surface area contributed by atoms with E-state index < -0.39 is 10.0 Å². The Labute approximate surface area is 110 Å². The summed E-state index contributed by atoms with van der Waals surface area (Å²) in [6.45, 7) is 0.960. The third kappa shape index (κ3) is 3.82. The van der Waals surface area contributed by atoms with E-state index >= 15 is 0 Å². The first-order valence-corrected chi connectivity index (χ1v) is 7.10. The van der Waals surface area contributed by atoms with Gasteiger partial charge in [-0.15, -0.1) is 0 Å². The molecule has 1 heterocycles. The summed E-state index contributed by atoms with van der Waals surface area (Å²) in [4.78, 5) is 0. The highest BCUT2D eigenvalue weighted by Gasteiger charge is 2.12. The zero-order valence-corrected chi connectivity index (χ0v) is 10.9. The van der Waals surface area contributed by atoms with Crippen LogP contribution in [0.2, 0.25) is 0 Å². The SMILES string of the molecule is NS(=O)(=O)c1ccc(CNCc2ccc(O)cc2)o1. The van der Waals surface area contributed by atoms with Gasteiger partial charge in [-0.2, -0.15) is 0 Å². The van der Waals surface area contributed by atoms with Crippen molar-refractivity contribution in [1.82, 2.24) is 5.32 Å². The molecule has 2 rings (SSSR count). The van der Waals surface area contributed by atoms with Gasteiger partial charge in [0.2, 0.25) is 5.09 Å². The maximum Gasteiger partial charge on any atom is 0.271 e. The molecular weight excluding hydrogens is 268 g/mol. The number of furan rings is 1. The molecule has 1 aromatic carbocycles. The maximum atomic E-state index is 11.0. The Morgan fingerprint density at radius 3 is 2.37 bits per heavy atom. The van der Waals surface area contributed by atoms with Gasteiger partial charge in [0.1, 0.15) is 11.5 Å². The van der Waals surface area contributed by atoms with Crippen LogP contribution >= 0.6 is 0 Å². The van der Waals surface area contributed by atoms with E-state index in [1.165, 1.54) is 6.07 Å². The molecule has 0 aliphatic carbocycles. The van der Waals surface area contributed by atoms with Gasteiger partial charge in [0.05, 0.1) is 6.54 Å². The lowest BCUT2D eigenvalue weighted by molar-refractivity contribution is 0.402. The van der Waals surface area contributed by atoms with Crippen LogP contribution in [-0.2, 0) is 23.1 Å². The van der Waals surface area contributed by atoms with Gasteiger partial charge >= 0.3 is 0 Å². The molecule has 0 bridgehead atoms. The minimum atomic E-state index is -3.79. The highest BCUT2D eigenvalue weighted by atomic mass is 32.2. The van der Waals surface area contributed by atoms with Crippen molar-refractivity contribution in [3.8, 4) is 5.75 Å². The summed E-state index contributed by atoms with van der Waals surface area (Å²) in [6, 6.07) is 9.67. The number of hydrogen-bond donors (Lipinski definition) is 3. The first kappa shape index (κ1) is 13.6. The molecule has 7 heteroatoms. The molecule has 6 nitrogen and oxygen atoms in total. The second-order valence-electron chi connectivity index (χ2n) is 4.04. The molecule has 0 fully saturated rings. The predicted octanol–water partition coefficient (Wildman–Crippen LogP) is 0.922. The summed E-state index contributed by atoms with van der Waals surface area (Å²) in [7, 11) is -3.79. The van der Waals surface area contributed by atoms with Crippen molar-refractivity contribution in [2.24, 2.45) is 5.14 Å². The monoisotopic (exact) mass is 282 g/mol. The number of hydrogen-bond acceptors (Lipinski definition) is 5. The summed E-state index contributed by atoms with van der Waals surface area (Å²) < 4.78 is 27.1. The van der Waals surface area contributed by atoms with E-state index in [-0.39, 0.29) is 10.8 Å². The van der Waals surface area contributed by atoms with Crippen LogP contribution in [0.5, 0.6) is 5.75 Å². The Balaban J connectivity index is 1.89. The Morgan fingerprint density at radius 2 is 1.79 bits per heavy atom. The van der Waals surface area contributed by atoms with E-state index in [9.17, 15) is 8.42 Å². The van der Waals surface area contributed by atoms with Crippen LogP contribution in [0.3, 0.4) is 0 Å². The number of phenolic OH excluding ortho intramolecular Hbond substituents is 1. The van der Waals surface area contributed by atoms with Gasteiger partial charge in [-0.3, -0.25) is 0 Å². The smallest absolute Gasteiger partial charge is 0.271 e. The van der Waals surface area contributed by atoms with Crippen molar-refractivity contribution < 1.29 is 17.9 Å². The second kappa shape index (κ2) is 5.43. The topological polar surface area (TPSA) is 106 Å². The Hall–Kier alpha value is -1.83. The molecule has 2 aromatic rings. The van der Waals surface area contributed by atoms with E-state index in [0.717, 1.165) is 5.56 Å². The van der Waals surface area contributed by atoms with Gasteiger partial charge in [-0.1, -0.05) is 12.1 Å². The molecule has 19 heavy (non-hydrogen) atoms. The molecule has 4 N–H and O–H groups in total. The molecule has 0 unspecified atom stereocenters. The van der Waals surface area contributed by atoms with Crippen molar-refractivity contribution in [3.63, 3.8) is 0 Å². The number of rotatable bonds is 5. The first-order chi connectivity index (χ1) is 8.95. The average molecular weight is 282 g/mol. The molecule has 0 saturated carbocycles. The maximum absolute atomic E-state index is 11.0. The number of nitrogens with two attached hydrogens (primary N) is 1. The van der Waals surface area contributed by atoms with Gasteiger partial charge in [0, 0.05) is 6.54 Å². The lowest BCUT2D eigenvalue weighted by atomic mass is 10.2. The van der Waals surface area contributed by atoms with Crippen LogP contribution < -0.4 is 10.5 Å². The quantitative estimate of drug-likeness (QED) is 0.756. The molecule has 0 aliphatic rings. The summed E-state index contributed by atoms with van der Waals surface area (Å²) in [5.74, 6) is 0.704. The molecule has 0 amide bonds. The Morgan fingerprint density at radius 1 is 1.11 bits per heavy atom. The standard InChI is InChI=1S/C12H14N2O4S/c13-19(16,17)12-6-5-11(18-12)8-14-7-9-1-3-10(15)4-2-9/h1-6,14-15H,7-8H2,(H2,13,16,17). The first-order valence-electron chi connectivity index (χ1n) is 5.55. The Kier molecular flexibility index (Phi) is 3.89. The summed E-state index contributed by atoms with van der Waals surface area (Å²) in [5.41, 5.74) is 0.996. The summed E-state index contributed by atoms with van der Waals surface area (Å²) in [5, 5.41) is 16.9. The fourth-order valence-electron chi connectivity index (χ4n) is 1.55. The molecular formula is C12H14N2O4S. The number of benzene rings is 1. The van der Waals surface area contributed by atoms with Crippen LogP contribution in [0, 0.1) is 0 Å². The summed E-state index contributed by atoms with van der Waals surface area (Å²) in [6.07, 6.45) is 0. The molecule has 0 aliphatic heterocycles. The van der Waals surface area contributed by atoms with E-state index in [1.54, 1.807) is 30.3 Å². The van der Waals surface area contributed by atoms with Crippen LogP contribution in [-0.4, -0.2) is 13.5 Å². The average Bonchev–Trinajstić information content (AvgIpc) is 2.80. The highest BCUT2D eigenvalue weighted by molar-refractivity contribution is 7.89. The lowest BCUT2D eigenvalue weighted by Crippen LogP contribution is -2.13. The van der Waals surface area contributed by atoms with Crippen LogP contribution in [0.25, 0.3) is 0 Å². The van der Waals surface area contributed by atoms with E-state index in [2.05, 4.69) is 5.32 Å². The molecule has 0 saturated heterocycles. The second-order valence-corrected chi connectivity index (χ2v) is 5.53. The minimum Gasteiger partial charge on any atom is -0.508 e. The van der Waals surface area contributed by atoms with Crippen LogP contribution in [0.15, 0.2) is 45.9 Å². The van der Waals surface area contributed by atoms with E-state index in [0.29, 0.717) is 18.8 Å². The van der Waals surface area contributed by atoms with Gasteiger partial charge in [0.25, 0.3) is 10.0 Å². The summed E-state index contributed by atoms with van der Waals surface area (Å²) >= 11 is 0. The largest absolute Gasteiger partial charge is 0.508 e. The fraction of sp³-hybridized carbons (Fsp3) is 0.167. The molecule has 0 radical (unpaired) electrons. The third-order valence-electron chi connectivity index (χ3n) is 2.48. The molecule has 0 atom stereocenters. The van der Waals surface area contributed by atoms with E-state index in [1.807, 2.05) is 0 Å². The minimum absolute atomic E-state index is 0.215. The fourth-order valence-corrected chi connectivity index (χ4v) is 2.03. The number of sulfonamides is 1. The zero-order valence-electron chi connectivity index (χ0n) is 10.0. The van der Waals surface area contributed by atoms with Gasteiger partial charge in [-0.05, 0) is 29.8 Å². The zero-order chi connectivity index (χ0) is 13.9. The van der Waals surface area contributed by atoms with Gasteiger partial charge in [-0.25, -0.2) is 13.6 Å². The predicted molar refractivity (Wildman–Crippen MR) is 68.7 cm³/mol. The van der Waals surface area contributed by atoms with Crippen molar-refractivity contribution in [2.45, 2.75) is 18.2 Å². The van der Waals surface area contributed by atoms with E-state index in [4.69, 9.17) is 14.7 Å². The number of phenols is 1. The van der Waals surface area contributed by atoms with Crippen LogP contribution in [0.1, 0.15) is 11.3 Å². The normalized spacial score (nSPS) is 11.6. The molecule has 1 aromatic heterocycles. The van der Waals surface area contributed by atoms with Crippen molar-refractivity contribution in [3.05, 3.63) is 47.7 Å². The van der Waals surface area contributed by atoms with Gasteiger partial charge in [0.15, 0.2) is 0 Å². The third-order valence-corrected chi connectivity index (χ3v) is 3.26. The number of primary sulfonamides is 1. The highest BCUT2D eigenvalue weighted by Crippen LogP contribution is 2.12. The Bertz CT molecular complexity index is 647.